The highest BCUT2D eigenvalue weighted by molar-refractivity contribution is 14.0. The summed E-state index contributed by atoms with van der Waals surface area (Å²) in [6, 6.07) is 4.79. The number of aliphatic hydroxyl groups excluding tert-OH is 1. The molecule has 24 heavy (non-hydrogen) atoms. The summed E-state index contributed by atoms with van der Waals surface area (Å²) in [5, 5.41) is 15.8. The van der Waals surface area contributed by atoms with Gasteiger partial charge in [-0.05, 0) is 42.4 Å². The van der Waals surface area contributed by atoms with Crippen molar-refractivity contribution >= 4 is 29.9 Å². The first-order valence-corrected chi connectivity index (χ1v) is 8.45. The monoisotopic (exact) mass is 449 g/mol. The lowest BCUT2D eigenvalue weighted by Gasteiger charge is -2.28. The summed E-state index contributed by atoms with van der Waals surface area (Å²) in [6.07, 6.45) is 6.40. The lowest BCUT2D eigenvalue weighted by Crippen LogP contribution is -2.42. The minimum atomic E-state index is -0.370. The molecule has 1 fully saturated rings. The average molecular weight is 449 g/mol. The largest absolute Gasteiger partial charge is 0.392 e. The standard InChI is InChI=1S/C18H28FN3O.HI/c1-3-18(8-4-5-9-18)13-22-17(20-2)21-11-14-6-7-16(19)15(10-14)12-23;/h6-7,10,23H,3-5,8-9,11-13H2,1-2H3,(H2,20,21,22);1H. The Hall–Kier alpha value is -0.890. The van der Waals surface area contributed by atoms with E-state index in [2.05, 4.69) is 22.5 Å². The Morgan fingerprint density at radius 2 is 2.00 bits per heavy atom. The van der Waals surface area contributed by atoms with E-state index in [0.29, 0.717) is 17.5 Å². The van der Waals surface area contributed by atoms with Crippen molar-refractivity contribution in [3.8, 4) is 0 Å². The third-order valence-electron chi connectivity index (χ3n) is 5.01. The normalized spacial score (nSPS) is 16.6. The first kappa shape index (κ1) is 21.2. The van der Waals surface area contributed by atoms with Crippen molar-refractivity contribution in [3.05, 3.63) is 35.1 Å². The Morgan fingerprint density at radius 3 is 2.58 bits per heavy atom. The maximum Gasteiger partial charge on any atom is 0.191 e. The van der Waals surface area contributed by atoms with E-state index in [1.807, 2.05) is 0 Å². The highest BCUT2D eigenvalue weighted by Gasteiger charge is 2.31. The van der Waals surface area contributed by atoms with Crippen molar-refractivity contribution in [1.29, 1.82) is 0 Å². The van der Waals surface area contributed by atoms with E-state index in [9.17, 15) is 4.39 Å². The van der Waals surface area contributed by atoms with Crippen LogP contribution >= 0.6 is 24.0 Å². The van der Waals surface area contributed by atoms with Crippen molar-refractivity contribution in [3.63, 3.8) is 0 Å². The Balaban J connectivity index is 0.00000288. The molecule has 6 heteroatoms. The van der Waals surface area contributed by atoms with E-state index in [-0.39, 0.29) is 36.4 Å². The topological polar surface area (TPSA) is 56.7 Å². The van der Waals surface area contributed by atoms with E-state index in [1.165, 1.54) is 38.2 Å². The molecule has 0 saturated heterocycles. The van der Waals surface area contributed by atoms with Gasteiger partial charge in [0.05, 0.1) is 6.61 Å². The van der Waals surface area contributed by atoms with Crippen LogP contribution in [-0.4, -0.2) is 24.7 Å². The molecule has 0 radical (unpaired) electrons. The van der Waals surface area contributed by atoms with Gasteiger partial charge in [0, 0.05) is 25.7 Å². The van der Waals surface area contributed by atoms with Crippen molar-refractivity contribution < 1.29 is 9.50 Å². The molecular formula is C18H29FIN3O. The van der Waals surface area contributed by atoms with Gasteiger partial charge in [-0.3, -0.25) is 4.99 Å². The van der Waals surface area contributed by atoms with Gasteiger partial charge in [0.15, 0.2) is 5.96 Å². The van der Waals surface area contributed by atoms with Crippen molar-refractivity contribution in [2.45, 2.75) is 52.2 Å². The van der Waals surface area contributed by atoms with Crippen molar-refractivity contribution in [2.75, 3.05) is 13.6 Å². The van der Waals surface area contributed by atoms with Crippen LogP contribution in [0.1, 0.15) is 50.2 Å². The molecule has 3 N–H and O–H groups in total. The maximum atomic E-state index is 13.4. The highest BCUT2D eigenvalue weighted by atomic mass is 127. The van der Waals surface area contributed by atoms with Gasteiger partial charge in [-0.2, -0.15) is 0 Å². The Kier molecular flexibility index (Phi) is 8.97. The molecule has 0 amide bonds. The van der Waals surface area contributed by atoms with E-state index in [4.69, 9.17) is 5.11 Å². The number of hydrogen-bond donors (Lipinski definition) is 3. The number of benzene rings is 1. The number of aliphatic hydroxyl groups is 1. The molecule has 0 unspecified atom stereocenters. The fourth-order valence-corrected chi connectivity index (χ4v) is 3.32. The van der Waals surface area contributed by atoms with Crippen LogP contribution in [0, 0.1) is 11.2 Å². The van der Waals surface area contributed by atoms with E-state index >= 15 is 0 Å². The van der Waals surface area contributed by atoms with Gasteiger partial charge in [-0.1, -0.05) is 25.8 Å². The van der Waals surface area contributed by atoms with Crippen molar-refractivity contribution in [2.24, 2.45) is 10.4 Å². The molecule has 0 spiro atoms. The molecule has 1 saturated carbocycles. The molecule has 1 aromatic rings. The zero-order valence-corrected chi connectivity index (χ0v) is 16.9. The van der Waals surface area contributed by atoms with Crippen LogP contribution in [0.5, 0.6) is 0 Å². The summed E-state index contributed by atoms with van der Waals surface area (Å²) in [6.45, 7) is 3.46. The molecule has 4 nitrogen and oxygen atoms in total. The van der Waals surface area contributed by atoms with Crippen LogP contribution in [-0.2, 0) is 13.2 Å². The summed E-state index contributed by atoms with van der Waals surface area (Å²) in [7, 11) is 1.76. The van der Waals surface area contributed by atoms with E-state index in [1.54, 1.807) is 19.2 Å². The second kappa shape index (κ2) is 10.2. The second-order valence-electron chi connectivity index (χ2n) is 6.42. The summed E-state index contributed by atoms with van der Waals surface area (Å²) < 4.78 is 13.4. The zero-order chi connectivity index (χ0) is 16.7. The summed E-state index contributed by atoms with van der Waals surface area (Å²) in [5.41, 5.74) is 1.64. The molecule has 2 rings (SSSR count). The molecule has 1 aliphatic rings. The van der Waals surface area contributed by atoms with Crippen molar-refractivity contribution in [1.82, 2.24) is 10.6 Å². The molecule has 0 heterocycles. The molecule has 0 aromatic heterocycles. The predicted molar refractivity (Wildman–Crippen MR) is 107 cm³/mol. The van der Waals surface area contributed by atoms with Gasteiger partial charge in [-0.25, -0.2) is 4.39 Å². The first-order valence-electron chi connectivity index (χ1n) is 8.45. The quantitative estimate of drug-likeness (QED) is 0.354. The number of hydrogen-bond acceptors (Lipinski definition) is 2. The van der Waals surface area contributed by atoms with Gasteiger partial charge >= 0.3 is 0 Å². The Morgan fingerprint density at radius 1 is 1.29 bits per heavy atom. The third-order valence-corrected chi connectivity index (χ3v) is 5.01. The second-order valence-corrected chi connectivity index (χ2v) is 6.42. The van der Waals surface area contributed by atoms with Crippen LogP contribution in [0.15, 0.2) is 23.2 Å². The molecule has 1 aromatic carbocycles. The fraction of sp³-hybridized carbons (Fsp3) is 0.611. The number of rotatable bonds is 6. The van der Waals surface area contributed by atoms with Gasteiger partial charge in [0.1, 0.15) is 5.82 Å². The molecule has 0 atom stereocenters. The molecular weight excluding hydrogens is 420 g/mol. The smallest absolute Gasteiger partial charge is 0.191 e. The Bertz CT molecular complexity index is 545. The summed E-state index contributed by atoms with van der Waals surface area (Å²) >= 11 is 0. The van der Waals surface area contributed by atoms with Crippen LogP contribution < -0.4 is 10.6 Å². The molecule has 0 aliphatic heterocycles. The van der Waals surface area contributed by atoms with Crippen LogP contribution in [0.25, 0.3) is 0 Å². The number of halogens is 2. The first-order chi connectivity index (χ1) is 11.1. The summed E-state index contributed by atoms with van der Waals surface area (Å²) in [4.78, 5) is 4.26. The fourth-order valence-electron chi connectivity index (χ4n) is 3.32. The zero-order valence-electron chi connectivity index (χ0n) is 14.6. The lowest BCUT2D eigenvalue weighted by atomic mass is 9.83. The molecule has 1 aliphatic carbocycles. The third kappa shape index (κ3) is 5.58. The molecule has 0 bridgehead atoms. The minimum absolute atomic E-state index is 0. The number of guanidine groups is 1. The van der Waals surface area contributed by atoms with Gasteiger partial charge in [0.2, 0.25) is 0 Å². The number of aliphatic imine (C=N–C) groups is 1. The predicted octanol–water partition coefficient (Wildman–Crippen LogP) is 3.57. The van der Waals surface area contributed by atoms with Crippen LogP contribution in [0.2, 0.25) is 0 Å². The average Bonchev–Trinajstić information content (AvgIpc) is 3.05. The van der Waals surface area contributed by atoms with E-state index < -0.39 is 0 Å². The number of nitrogens with one attached hydrogen (secondary N) is 2. The lowest BCUT2D eigenvalue weighted by molar-refractivity contribution is 0.275. The van der Waals surface area contributed by atoms with E-state index in [0.717, 1.165) is 18.1 Å². The van der Waals surface area contributed by atoms with Crippen LogP contribution in [0.3, 0.4) is 0 Å². The molecule has 136 valence electrons. The van der Waals surface area contributed by atoms with Crippen LogP contribution in [0.4, 0.5) is 4.39 Å². The minimum Gasteiger partial charge on any atom is -0.392 e. The van der Waals surface area contributed by atoms with Gasteiger partial charge in [0.25, 0.3) is 0 Å². The number of nitrogens with zero attached hydrogens (tertiary/aromatic N) is 1. The Labute approximate surface area is 161 Å². The SMILES string of the molecule is CCC1(CNC(=NC)NCc2ccc(F)c(CO)c2)CCCC1.I. The van der Waals surface area contributed by atoms with Gasteiger partial charge < -0.3 is 15.7 Å². The van der Waals surface area contributed by atoms with Gasteiger partial charge in [-0.15, -0.1) is 24.0 Å². The maximum absolute atomic E-state index is 13.4. The highest BCUT2D eigenvalue weighted by Crippen LogP contribution is 2.40. The summed E-state index contributed by atoms with van der Waals surface area (Å²) in [5.74, 6) is 0.393.